The number of hydrogen-bond acceptors (Lipinski definition) is 3. The third-order valence-corrected chi connectivity index (χ3v) is 2.78. The van der Waals surface area contributed by atoms with Gasteiger partial charge in [0.25, 0.3) is 0 Å². The molecule has 0 amide bonds. The Bertz CT molecular complexity index is 403. The van der Waals surface area contributed by atoms with Crippen LogP contribution in [0.15, 0.2) is 22.7 Å². The van der Waals surface area contributed by atoms with E-state index in [4.69, 9.17) is 9.47 Å². The molecule has 0 aromatic heterocycles. The van der Waals surface area contributed by atoms with E-state index in [-0.39, 0.29) is 17.8 Å². The van der Waals surface area contributed by atoms with Crippen LogP contribution in [0.3, 0.4) is 0 Å². The number of hydrogen-bond donors (Lipinski definition) is 0. The highest BCUT2D eigenvalue weighted by molar-refractivity contribution is 9.10. The Labute approximate surface area is 114 Å². The van der Waals surface area contributed by atoms with Crippen LogP contribution in [-0.4, -0.2) is 25.3 Å². The molecule has 1 rings (SSSR count). The fourth-order valence-electron chi connectivity index (χ4n) is 1.51. The average Bonchev–Trinajstić information content (AvgIpc) is 2.29. The van der Waals surface area contributed by atoms with Crippen molar-refractivity contribution in [3.05, 3.63) is 34.1 Å². The molecule has 1 aromatic carbocycles. The van der Waals surface area contributed by atoms with Gasteiger partial charge in [0.2, 0.25) is 0 Å². The van der Waals surface area contributed by atoms with Gasteiger partial charge in [-0.05, 0) is 32.0 Å². The summed E-state index contributed by atoms with van der Waals surface area (Å²) in [5, 5.41) is 0. The second-order valence-electron chi connectivity index (χ2n) is 3.59. The van der Waals surface area contributed by atoms with Gasteiger partial charge in [0.15, 0.2) is 12.1 Å². The van der Waals surface area contributed by atoms with Crippen molar-refractivity contribution < 1.29 is 18.7 Å². The molecule has 18 heavy (non-hydrogen) atoms. The Kier molecular flexibility index (Phi) is 6.46. The summed E-state index contributed by atoms with van der Waals surface area (Å²) in [5.41, 5.74) is 0.0580. The van der Waals surface area contributed by atoms with E-state index in [0.29, 0.717) is 17.7 Å². The summed E-state index contributed by atoms with van der Waals surface area (Å²) in [6, 6.07) is 4.35. The molecule has 0 saturated heterocycles. The zero-order chi connectivity index (χ0) is 13.5. The smallest absolute Gasteiger partial charge is 0.170 e. The summed E-state index contributed by atoms with van der Waals surface area (Å²) in [6.07, 6.45) is -0.601. The van der Waals surface area contributed by atoms with Gasteiger partial charge >= 0.3 is 0 Å². The van der Waals surface area contributed by atoms with Gasteiger partial charge in [-0.2, -0.15) is 0 Å². The molecule has 0 saturated carbocycles. The summed E-state index contributed by atoms with van der Waals surface area (Å²) in [5.74, 6) is -0.868. The van der Waals surface area contributed by atoms with E-state index < -0.39 is 12.1 Å². The third-order valence-electron chi connectivity index (χ3n) is 2.29. The first-order valence-electron chi connectivity index (χ1n) is 5.79. The summed E-state index contributed by atoms with van der Waals surface area (Å²) in [4.78, 5) is 11.9. The first kappa shape index (κ1) is 15.3. The zero-order valence-electron chi connectivity index (χ0n) is 10.4. The Morgan fingerprint density at radius 2 is 1.94 bits per heavy atom. The van der Waals surface area contributed by atoms with Gasteiger partial charge in [-0.25, -0.2) is 4.39 Å². The second kappa shape index (κ2) is 7.61. The first-order valence-corrected chi connectivity index (χ1v) is 6.59. The predicted molar refractivity (Wildman–Crippen MR) is 70.1 cm³/mol. The molecule has 0 heterocycles. The van der Waals surface area contributed by atoms with Crippen molar-refractivity contribution in [2.75, 3.05) is 13.2 Å². The zero-order valence-corrected chi connectivity index (χ0v) is 12.0. The molecule has 5 heteroatoms. The molecule has 0 aliphatic heterocycles. The second-order valence-corrected chi connectivity index (χ2v) is 4.51. The van der Waals surface area contributed by atoms with Crippen LogP contribution in [0, 0.1) is 5.82 Å². The van der Waals surface area contributed by atoms with Gasteiger partial charge in [0, 0.05) is 17.7 Å². The number of Topliss-reactive ketones (excluding diaryl/α,β-unsaturated/α-hetero) is 1. The highest BCUT2D eigenvalue weighted by Crippen LogP contribution is 2.18. The quantitative estimate of drug-likeness (QED) is 0.569. The molecule has 1 aromatic rings. The number of benzene rings is 1. The van der Waals surface area contributed by atoms with Crippen molar-refractivity contribution in [3.63, 3.8) is 0 Å². The topological polar surface area (TPSA) is 35.5 Å². The van der Waals surface area contributed by atoms with Crippen LogP contribution in [0.25, 0.3) is 0 Å². The number of carbonyl (C=O) groups excluding carboxylic acids is 1. The normalized spacial score (nSPS) is 10.9. The standard InChI is InChI=1S/C13H16BrFO3/c1-3-17-13(18-4-2)8-12(16)10-6-5-9(14)7-11(10)15/h5-7,13H,3-4,8H2,1-2H3. The minimum atomic E-state index is -0.615. The first-order chi connectivity index (χ1) is 8.58. The van der Waals surface area contributed by atoms with Crippen molar-refractivity contribution in [2.45, 2.75) is 26.6 Å². The molecule has 0 aliphatic rings. The van der Waals surface area contributed by atoms with Crippen LogP contribution in [0.4, 0.5) is 4.39 Å². The lowest BCUT2D eigenvalue weighted by Gasteiger charge is -2.16. The molecule has 0 N–H and O–H groups in total. The lowest BCUT2D eigenvalue weighted by molar-refractivity contribution is -0.133. The SMILES string of the molecule is CCOC(CC(=O)c1ccc(Br)cc1F)OCC. The number of carbonyl (C=O) groups is 1. The van der Waals surface area contributed by atoms with E-state index in [1.54, 1.807) is 6.07 Å². The van der Waals surface area contributed by atoms with Crippen molar-refractivity contribution in [3.8, 4) is 0 Å². The minimum absolute atomic E-state index is 0.0141. The lowest BCUT2D eigenvalue weighted by Crippen LogP contribution is -2.22. The van der Waals surface area contributed by atoms with Crippen LogP contribution in [0.1, 0.15) is 30.6 Å². The fraction of sp³-hybridized carbons (Fsp3) is 0.462. The lowest BCUT2D eigenvalue weighted by atomic mass is 10.1. The van der Waals surface area contributed by atoms with Crippen molar-refractivity contribution >= 4 is 21.7 Å². The Hall–Kier alpha value is -0.780. The molecule has 0 radical (unpaired) electrons. The third kappa shape index (κ3) is 4.48. The number of ether oxygens (including phenoxy) is 2. The Morgan fingerprint density at radius 1 is 1.33 bits per heavy atom. The van der Waals surface area contributed by atoms with Gasteiger partial charge in [0.05, 0.1) is 12.0 Å². The van der Waals surface area contributed by atoms with Crippen molar-refractivity contribution in [2.24, 2.45) is 0 Å². The fourth-order valence-corrected chi connectivity index (χ4v) is 1.85. The highest BCUT2D eigenvalue weighted by atomic mass is 79.9. The van der Waals surface area contributed by atoms with Crippen molar-refractivity contribution in [1.82, 2.24) is 0 Å². The molecule has 100 valence electrons. The molecule has 0 atom stereocenters. The van der Waals surface area contributed by atoms with Crippen LogP contribution >= 0.6 is 15.9 Å². The molecule has 0 unspecified atom stereocenters. The molecule has 0 fully saturated rings. The Balaban J connectivity index is 2.73. The van der Waals surface area contributed by atoms with Gasteiger partial charge < -0.3 is 9.47 Å². The van der Waals surface area contributed by atoms with Gasteiger partial charge in [-0.3, -0.25) is 4.79 Å². The van der Waals surface area contributed by atoms with Crippen molar-refractivity contribution in [1.29, 1.82) is 0 Å². The van der Waals surface area contributed by atoms with E-state index in [2.05, 4.69) is 15.9 Å². The average molecular weight is 319 g/mol. The van der Waals surface area contributed by atoms with E-state index in [9.17, 15) is 9.18 Å². The molecule has 0 bridgehead atoms. The summed E-state index contributed by atoms with van der Waals surface area (Å²) < 4.78 is 24.7. The van der Waals surface area contributed by atoms with Crippen LogP contribution in [0.2, 0.25) is 0 Å². The largest absolute Gasteiger partial charge is 0.352 e. The maximum Gasteiger partial charge on any atom is 0.170 e. The predicted octanol–water partition coefficient (Wildman–Crippen LogP) is 3.56. The van der Waals surface area contributed by atoms with Crippen LogP contribution in [-0.2, 0) is 9.47 Å². The van der Waals surface area contributed by atoms with E-state index in [1.807, 2.05) is 13.8 Å². The minimum Gasteiger partial charge on any atom is -0.352 e. The number of halogens is 2. The highest BCUT2D eigenvalue weighted by Gasteiger charge is 2.18. The van der Waals surface area contributed by atoms with Gasteiger partial charge in [0.1, 0.15) is 5.82 Å². The Morgan fingerprint density at radius 3 is 2.44 bits per heavy atom. The van der Waals surface area contributed by atoms with Gasteiger partial charge in [-0.15, -0.1) is 0 Å². The van der Waals surface area contributed by atoms with Crippen LogP contribution in [0.5, 0.6) is 0 Å². The maximum absolute atomic E-state index is 13.6. The molecule has 0 aliphatic carbocycles. The summed E-state index contributed by atoms with van der Waals surface area (Å²) in [7, 11) is 0. The molecule has 0 spiro atoms. The molecule has 3 nitrogen and oxygen atoms in total. The number of rotatable bonds is 7. The van der Waals surface area contributed by atoms with E-state index in [0.717, 1.165) is 0 Å². The molecular formula is C13H16BrFO3. The summed E-state index contributed by atoms with van der Waals surface area (Å²) >= 11 is 3.15. The van der Waals surface area contributed by atoms with Crippen LogP contribution < -0.4 is 0 Å². The van der Waals surface area contributed by atoms with E-state index >= 15 is 0 Å². The monoisotopic (exact) mass is 318 g/mol. The summed E-state index contributed by atoms with van der Waals surface area (Å²) in [6.45, 7) is 4.52. The number of ketones is 1. The van der Waals surface area contributed by atoms with Gasteiger partial charge in [-0.1, -0.05) is 15.9 Å². The molecular weight excluding hydrogens is 303 g/mol. The maximum atomic E-state index is 13.6. The van der Waals surface area contributed by atoms with E-state index in [1.165, 1.54) is 12.1 Å².